The standard InChI is InChI=1S/C65H113N2O7P/c1-7-10-13-16-19-22-25-28-30-32-33-35-36-39-42-45-48-51-54-57-64(68)66-62(61-73-75(70,71)72-60-59-67(4,5)6)63(56-53-50-47-44-41-38-27-24-21-18-15-12-9-3)74-65(69)58-55-52-49-46-43-40-37-34-31-29-26-23-20-17-14-11-8-2/h10,13,19-20,22-23,28-31,33,35,37,39-40,42,53,56,62-63H,7-9,11-12,14-18,21,24-27,32,34,36,38,41,43-52,54-55,57-61H2,1-6H3,(H-,66,68,70,71)/b13-10-,22-19-,23-20-,30-28-,31-29-,35-33-,40-37-,42-39-,56-53+. The van der Waals surface area contributed by atoms with Crippen LogP contribution in [0.15, 0.2) is 109 Å². The molecule has 0 aromatic carbocycles. The van der Waals surface area contributed by atoms with E-state index in [4.69, 9.17) is 13.8 Å². The van der Waals surface area contributed by atoms with Gasteiger partial charge in [-0.1, -0.05) is 220 Å². The number of quaternary nitrogens is 1. The van der Waals surface area contributed by atoms with Crippen LogP contribution in [-0.2, 0) is 27.9 Å². The van der Waals surface area contributed by atoms with Crippen molar-refractivity contribution in [2.75, 3.05) is 40.9 Å². The molecule has 0 saturated carbocycles. The molecule has 1 N–H and O–H groups in total. The predicted octanol–water partition coefficient (Wildman–Crippen LogP) is 17.9. The Morgan fingerprint density at radius 1 is 0.480 bits per heavy atom. The summed E-state index contributed by atoms with van der Waals surface area (Å²) in [5.41, 5.74) is 0. The van der Waals surface area contributed by atoms with Gasteiger partial charge >= 0.3 is 5.97 Å². The number of unbranched alkanes of at least 4 members (excludes halogenated alkanes) is 21. The lowest BCUT2D eigenvalue weighted by molar-refractivity contribution is -0.870. The van der Waals surface area contributed by atoms with E-state index in [1.54, 1.807) is 0 Å². The van der Waals surface area contributed by atoms with Crippen LogP contribution in [0.4, 0.5) is 0 Å². The molecule has 10 heteroatoms. The van der Waals surface area contributed by atoms with Crippen molar-refractivity contribution in [2.45, 2.75) is 251 Å². The van der Waals surface area contributed by atoms with E-state index in [2.05, 4.69) is 123 Å². The monoisotopic (exact) mass is 1060 g/mol. The van der Waals surface area contributed by atoms with Crippen LogP contribution in [0.2, 0.25) is 0 Å². The number of phosphoric ester groups is 1. The van der Waals surface area contributed by atoms with E-state index in [-0.39, 0.29) is 31.3 Å². The quantitative estimate of drug-likeness (QED) is 0.0212. The van der Waals surface area contributed by atoms with Gasteiger partial charge in [0.15, 0.2) is 0 Å². The Hall–Kier alpha value is -3.33. The summed E-state index contributed by atoms with van der Waals surface area (Å²) >= 11 is 0. The maximum atomic E-state index is 13.5. The minimum absolute atomic E-state index is 0.0385. The minimum atomic E-state index is -4.72. The first-order chi connectivity index (χ1) is 36.4. The van der Waals surface area contributed by atoms with Crippen molar-refractivity contribution in [3.8, 4) is 0 Å². The summed E-state index contributed by atoms with van der Waals surface area (Å²) in [7, 11) is 1.13. The van der Waals surface area contributed by atoms with Crippen molar-refractivity contribution in [3.05, 3.63) is 109 Å². The topological polar surface area (TPSA) is 114 Å². The van der Waals surface area contributed by atoms with Gasteiger partial charge in [0.25, 0.3) is 7.82 Å². The summed E-state index contributed by atoms with van der Waals surface area (Å²) in [5, 5.41) is 3.00. The molecule has 0 radical (unpaired) electrons. The highest BCUT2D eigenvalue weighted by Crippen LogP contribution is 2.38. The lowest BCUT2D eigenvalue weighted by Gasteiger charge is -2.30. The molecule has 0 aliphatic carbocycles. The summed E-state index contributed by atoms with van der Waals surface area (Å²) < 4.78 is 30.3. The predicted molar refractivity (Wildman–Crippen MR) is 320 cm³/mol. The third-order valence-corrected chi connectivity index (χ3v) is 13.7. The van der Waals surface area contributed by atoms with Crippen LogP contribution in [0.25, 0.3) is 0 Å². The van der Waals surface area contributed by atoms with Gasteiger partial charge < -0.3 is 28.5 Å². The Morgan fingerprint density at radius 2 is 0.853 bits per heavy atom. The maximum absolute atomic E-state index is 13.5. The second-order valence-electron chi connectivity index (χ2n) is 21.1. The molecule has 0 spiro atoms. The van der Waals surface area contributed by atoms with E-state index < -0.39 is 26.6 Å². The van der Waals surface area contributed by atoms with Crippen LogP contribution in [-0.4, -0.2) is 69.4 Å². The first-order valence-electron chi connectivity index (χ1n) is 30.2. The number of rotatable bonds is 53. The van der Waals surface area contributed by atoms with Crippen LogP contribution in [0, 0.1) is 0 Å². The van der Waals surface area contributed by atoms with Crippen LogP contribution in [0.1, 0.15) is 239 Å². The number of hydrogen-bond acceptors (Lipinski definition) is 7. The fraction of sp³-hybridized carbons (Fsp3) is 0.692. The summed E-state index contributed by atoms with van der Waals surface area (Å²) in [5.74, 6) is -0.610. The number of likely N-dealkylation sites (N-methyl/N-ethyl adjacent to an activating group) is 1. The Labute approximate surface area is 461 Å². The molecule has 0 aromatic rings. The zero-order valence-corrected chi connectivity index (χ0v) is 49.9. The number of phosphoric acid groups is 1. The number of carbonyl (C=O) groups is 2. The fourth-order valence-electron chi connectivity index (χ4n) is 8.02. The number of esters is 1. The van der Waals surface area contributed by atoms with Gasteiger partial charge in [-0.15, -0.1) is 0 Å². The van der Waals surface area contributed by atoms with Crippen molar-refractivity contribution < 1.29 is 37.3 Å². The molecule has 1 amide bonds. The largest absolute Gasteiger partial charge is 0.756 e. The molecule has 430 valence electrons. The third-order valence-electron chi connectivity index (χ3n) is 12.7. The number of ether oxygens (including phenoxy) is 1. The molecule has 0 saturated heterocycles. The molecule has 0 heterocycles. The molecular weight excluding hydrogens is 952 g/mol. The van der Waals surface area contributed by atoms with Crippen molar-refractivity contribution in [2.24, 2.45) is 0 Å². The highest BCUT2D eigenvalue weighted by atomic mass is 31.2. The maximum Gasteiger partial charge on any atom is 0.306 e. The first-order valence-corrected chi connectivity index (χ1v) is 31.7. The van der Waals surface area contributed by atoms with E-state index in [0.717, 1.165) is 109 Å². The van der Waals surface area contributed by atoms with E-state index in [1.807, 2.05) is 33.3 Å². The van der Waals surface area contributed by atoms with Gasteiger partial charge in [0.2, 0.25) is 5.91 Å². The van der Waals surface area contributed by atoms with Crippen LogP contribution < -0.4 is 10.2 Å². The number of amides is 1. The average Bonchev–Trinajstić information content (AvgIpc) is 3.37. The number of hydrogen-bond donors (Lipinski definition) is 1. The van der Waals surface area contributed by atoms with E-state index in [9.17, 15) is 19.0 Å². The van der Waals surface area contributed by atoms with Crippen LogP contribution >= 0.6 is 7.82 Å². The SMILES string of the molecule is CC/C=C\C/C=C\C/C=C\C/C=C\C/C=C\CCCCCC(=O)NC(COP(=O)([O-])OCC[N+](C)(C)C)C(/C=C/CCCCCCCCCCCCC)OC(=O)CCCCCC/C=C\C/C=C\C/C=C\CCCCC. The molecule has 0 aromatic heterocycles. The van der Waals surface area contributed by atoms with Gasteiger partial charge in [-0.3, -0.25) is 14.2 Å². The van der Waals surface area contributed by atoms with Crippen LogP contribution in [0.5, 0.6) is 0 Å². The molecule has 0 bridgehead atoms. The molecular formula is C65H113N2O7P. The van der Waals surface area contributed by atoms with Gasteiger partial charge in [-0.05, 0) is 115 Å². The summed E-state index contributed by atoms with van der Waals surface area (Å²) in [4.78, 5) is 40.0. The molecule has 75 heavy (non-hydrogen) atoms. The van der Waals surface area contributed by atoms with Crippen molar-refractivity contribution in [1.82, 2.24) is 5.32 Å². The molecule has 3 atom stereocenters. The second-order valence-corrected chi connectivity index (χ2v) is 22.5. The minimum Gasteiger partial charge on any atom is -0.756 e. The number of nitrogens with zero attached hydrogens (tertiary/aromatic N) is 1. The molecule has 9 nitrogen and oxygen atoms in total. The Balaban J connectivity index is 5.44. The van der Waals surface area contributed by atoms with Gasteiger partial charge in [-0.25, -0.2) is 0 Å². The normalized spacial score (nSPS) is 14.5. The van der Waals surface area contributed by atoms with Crippen molar-refractivity contribution in [1.29, 1.82) is 0 Å². The first kappa shape index (κ1) is 71.7. The zero-order valence-electron chi connectivity index (χ0n) is 49.0. The van der Waals surface area contributed by atoms with E-state index in [1.165, 1.54) is 83.5 Å². The highest BCUT2D eigenvalue weighted by molar-refractivity contribution is 7.45. The molecule has 3 unspecified atom stereocenters. The number of carbonyl (C=O) groups excluding carboxylic acids is 2. The van der Waals surface area contributed by atoms with Gasteiger partial charge in [0.1, 0.15) is 19.3 Å². The molecule has 0 rings (SSSR count). The molecule has 0 aliphatic heterocycles. The van der Waals surface area contributed by atoms with Gasteiger partial charge in [0.05, 0.1) is 33.8 Å². The Bertz CT molecular complexity index is 1650. The molecule has 0 fully saturated rings. The summed E-state index contributed by atoms with van der Waals surface area (Å²) in [6.45, 7) is 6.65. The summed E-state index contributed by atoms with van der Waals surface area (Å²) in [6, 6.07) is -0.922. The van der Waals surface area contributed by atoms with E-state index >= 15 is 0 Å². The van der Waals surface area contributed by atoms with Crippen molar-refractivity contribution >= 4 is 19.7 Å². The van der Waals surface area contributed by atoms with Crippen LogP contribution in [0.3, 0.4) is 0 Å². The number of allylic oxidation sites excluding steroid dienone is 17. The third kappa shape index (κ3) is 55.2. The lowest BCUT2D eigenvalue weighted by Crippen LogP contribution is -2.47. The number of nitrogens with one attached hydrogen (secondary N) is 1. The van der Waals surface area contributed by atoms with E-state index in [0.29, 0.717) is 23.9 Å². The average molecular weight is 1070 g/mol. The Kier molecular flexibility index (Phi) is 51.6. The highest BCUT2D eigenvalue weighted by Gasteiger charge is 2.27. The van der Waals surface area contributed by atoms with Crippen molar-refractivity contribution in [3.63, 3.8) is 0 Å². The second kappa shape index (κ2) is 54.0. The smallest absolute Gasteiger partial charge is 0.306 e. The lowest BCUT2D eigenvalue weighted by atomic mass is 10.0. The van der Waals surface area contributed by atoms with Gasteiger partial charge in [-0.2, -0.15) is 0 Å². The fourth-order valence-corrected chi connectivity index (χ4v) is 8.75. The summed E-state index contributed by atoms with van der Waals surface area (Å²) in [6.07, 6.45) is 73.4. The molecule has 0 aliphatic rings. The zero-order chi connectivity index (χ0) is 55.0. The van der Waals surface area contributed by atoms with Gasteiger partial charge in [0, 0.05) is 12.8 Å². The Morgan fingerprint density at radius 3 is 1.32 bits per heavy atom.